The second kappa shape index (κ2) is 6.37. The molecule has 0 spiro atoms. The van der Waals surface area contributed by atoms with Gasteiger partial charge in [-0.1, -0.05) is 23.7 Å². The van der Waals surface area contributed by atoms with Crippen molar-refractivity contribution in [3.63, 3.8) is 0 Å². The van der Waals surface area contributed by atoms with Crippen LogP contribution in [-0.4, -0.2) is 11.5 Å². The summed E-state index contributed by atoms with van der Waals surface area (Å²) >= 11 is 5.78. The van der Waals surface area contributed by atoms with Gasteiger partial charge in [0.25, 0.3) is 0 Å². The standard InChI is InChI=1S/C16H14ClF3N2O/c17-12-3-1-10(2-4-12)9-23-15-13(16(18,19)20)7-11-5-6-21-8-14(11)22-15/h1-4,7,21H,5-6,8-9H2. The van der Waals surface area contributed by atoms with Crippen molar-refractivity contribution in [1.82, 2.24) is 10.3 Å². The third kappa shape index (κ3) is 3.76. The van der Waals surface area contributed by atoms with Gasteiger partial charge < -0.3 is 10.1 Å². The monoisotopic (exact) mass is 342 g/mol. The van der Waals surface area contributed by atoms with Crippen molar-refractivity contribution >= 4 is 11.6 Å². The lowest BCUT2D eigenvalue weighted by atomic mass is 10.0. The van der Waals surface area contributed by atoms with Crippen LogP contribution in [0, 0.1) is 0 Å². The van der Waals surface area contributed by atoms with Crippen LogP contribution in [0.1, 0.15) is 22.4 Å². The van der Waals surface area contributed by atoms with Gasteiger partial charge >= 0.3 is 6.18 Å². The van der Waals surface area contributed by atoms with Gasteiger partial charge in [-0.05, 0) is 42.3 Å². The van der Waals surface area contributed by atoms with Crippen LogP contribution < -0.4 is 10.1 Å². The minimum Gasteiger partial charge on any atom is -0.472 e. The van der Waals surface area contributed by atoms with Crippen molar-refractivity contribution in [3.8, 4) is 5.88 Å². The first-order chi connectivity index (χ1) is 10.9. The fourth-order valence-electron chi connectivity index (χ4n) is 2.42. The molecule has 1 aromatic carbocycles. The number of rotatable bonds is 3. The molecule has 2 heterocycles. The van der Waals surface area contributed by atoms with Crippen molar-refractivity contribution in [1.29, 1.82) is 0 Å². The minimum absolute atomic E-state index is 0.000532. The highest BCUT2D eigenvalue weighted by Crippen LogP contribution is 2.37. The Balaban J connectivity index is 1.88. The summed E-state index contributed by atoms with van der Waals surface area (Å²) in [6, 6.07) is 7.88. The van der Waals surface area contributed by atoms with E-state index in [2.05, 4.69) is 10.3 Å². The zero-order valence-corrected chi connectivity index (χ0v) is 12.8. The van der Waals surface area contributed by atoms with Crippen LogP contribution in [0.25, 0.3) is 0 Å². The van der Waals surface area contributed by atoms with E-state index in [0.29, 0.717) is 35.8 Å². The van der Waals surface area contributed by atoms with Gasteiger partial charge in [0.2, 0.25) is 5.88 Å². The molecule has 3 nitrogen and oxygen atoms in total. The van der Waals surface area contributed by atoms with Gasteiger partial charge in [-0.15, -0.1) is 0 Å². The first-order valence-electron chi connectivity index (χ1n) is 7.11. The van der Waals surface area contributed by atoms with E-state index in [1.807, 2.05) is 0 Å². The molecule has 0 unspecified atom stereocenters. The third-order valence-electron chi connectivity index (χ3n) is 3.61. The summed E-state index contributed by atoms with van der Waals surface area (Å²) in [6.45, 7) is 1.10. The average molecular weight is 343 g/mol. The maximum Gasteiger partial charge on any atom is 0.421 e. The Morgan fingerprint density at radius 3 is 2.65 bits per heavy atom. The Kier molecular flexibility index (Phi) is 4.46. The Labute approximate surface area is 136 Å². The number of fused-ring (bicyclic) bond motifs is 1. The van der Waals surface area contributed by atoms with Crippen molar-refractivity contribution in [3.05, 3.63) is 57.7 Å². The summed E-state index contributed by atoms with van der Waals surface area (Å²) in [7, 11) is 0. The molecule has 1 aliphatic rings. The summed E-state index contributed by atoms with van der Waals surface area (Å²) in [5.41, 5.74) is 1.12. The molecule has 0 atom stereocenters. The van der Waals surface area contributed by atoms with Gasteiger partial charge in [0.15, 0.2) is 0 Å². The van der Waals surface area contributed by atoms with Crippen molar-refractivity contribution in [2.24, 2.45) is 0 Å². The number of hydrogen-bond donors (Lipinski definition) is 1. The maximum absolute atomic E-state index is 13.2. The number of nitrogens with zero attached hydrogens (tertiary/aromatic N) is 1. The highest BCUT2D eigenvalue weighted by Gasteiger charge is 2.36. The number of hydrogen-bond acceptors (Lipinski definition) is 3. The summed E-state index contributed by atoms with van der Waals surface area (Å²) in [5.74, 6) is -0.380. The molecule has 0 radical (unpaired) electrons. The van der Waals surface area contributed by atoms with Crippen LogP contribution in [0.4, 0.5) is 13.2 Å². The zero-order valence-electron chi connectivity index (χ0n) is 12.1. The van der Waals surface area contributed by atoms with E-state index in [9.17, 15) is 13.2 Å². The summed E-state index contributed by atoms with van der Waals surface area (Å²) < 4.78 is 45.1. The highest BCUT2D eigenvalue weighted by atomic mass is 35.5. The molecule has 3 rings (SSSR count). The Morgan fingerprint density at radius 2 is 1.96 bits per heavy atom. The van der Waals surface area contributed by atoms with E-state index >= 15 is 0 Å². The number of ether oxygens (including phenoxy) is 1. The maximum atomic E-state index is 13.2. The van der Waals surface area contributed by atoms with Gasteiger partial charge in [-0.25, -0.2) is 4.98 Å². The van der Waals surface area contributed by atoms with E-state index in [4.69, 9.17) is 16.3 Å². The SMILES string of the molecule is FC(F)(F)c1cc2c(nc1OCc1ccc(Cl)cc1)CNCC2. The number of alkyl halides is 3. The highest BCUT2D eigenvalue weighted by molar-refractivity contribution is 6.30. The summed E-state index contributed by atoms with van der Waals surface area (Å²) in [5, 5.41) is 3.65. The Bertz CT molecular complexity index is 702. The van der Waals surface area contributed by atoms with Crippen molar-refractivity contribution in [2.75, 3.05) is 6.54 Å². The van der Waals surface area contributed by atoms with Crippen LogP contribution >= 0.6 is 11.6 Å². The minimum atomic E-state index is -4.50. The Morgan fingerprint density at radius 1 is 1.22 bits per heavy atom. The summed E-state index contributed by atoms with van der Waals surface area (Å²) in [4.78, 5) is 4.08. The van der Waals surface area contributed by atoms with Crippen LogP contribution in [0.15, 0.2) is 30.3 Å². The number of aromatic nitrogens is 1. The van der Waals surface area contributed by atoms with Gasteiger partial charge in [0.05, 0.1) is 5.69 Å². The normalized spacial score (nSPS) is 14.4. The molecule has 1 N–H and O–H groups in total. The molecule has 0 saturated carbocycles. The van der Waals surface area contributed by atoms with Gasteiger partial charge in [-0.3, -0.25) is 0 Å². The van der Waals surface area contributed by atoms with E-state index in [0.717, 1.165) is 11.6 Å². The van der Waals surface area contributed by atoms with Gasteiger partial charge in [0, 0.05) is 11.6 Å². The Hall–Kier alpha value is -1.79. The molecule has 0 saturated heterocycles. The number of nitrogens with one attached hydrogen (secondary N) is 1. The van der Waals surface area contributed by atoms with Crippen LogP contribution in [0.2, 0.25) is 5.02 Å². The van der Waals surface area contributed by atoms with Gasteiger partial charge in [0.1, 0.15) is 12.2 Å². The molecule has 0 bridgehead atoms. The number of halogens is 4. The van der Waals surface area contributed by atoms with E-state index < -0.39 is 11.7 Å². The molecule has 1 aliphatic heterocycles. The molecule has 0 amide bonds. The van der Waals surface area contributed by atoms with Gasteiger partial charge in [-0.2, -0.15) is 13.2 Å². The molecule has 0 fully saturated rings. The lowest BCUT2D eigenvalue weighted by molar-refractivity contribution is -0.139. The zero-order chi connectivity index (χ0) is 16.4. The quantitative estimate of drug-likeness (QED) is 0.916. The van der Waals surface area contributed by atoms with E-state index in [-0.39, 0.29) is 12.5 Å². The molecule has 0 aliphatic carbocycles. The molecule has 7 heteroatoms. The van der Waals surface area contributed by atoms with Crippen molar-refractivity contribution < 1.29 is 17.9 Å². The summed E-state index contributed by atoms with van der Waals surface area (Å²) in [6.07, 6.45) is -3.97. The molecule has 23 heavy (non-hydrogen) atoms. The van der Waals surface area contributed by atoms with Crippen molar-refractivity contribution in [2.45, 2.75) is 25.7 Å². The average Bonchev–Trinajstić information content (AvgIpc) is 2.52. The van der Waals surface area contributed by atoms with Crippen LogP contribution in [0.5, 0.6) is 5.88 Å². The molecule has 122 valence electrons. The fourth-order valence-corrected chi connectivity index (χ4v) is 2.54. The predicted octanol–water partition coefficient (Wildman–Crippen LogP) is 3.98. The third-order valence-corrected chi connectivity index (χ3v) is 3.87. The number of pyridine rings is 1. The largest absolute Gasteiger partial charge is 0.472 e. The molecular weight excluding hydrogens is 329 g/mol. The first-order valence-corrected chi connectivity index (χ1v) is 7.49. The molecular formula is C16H14ClF3N2O. The smallest absolute Gasteiger partial charge is 0.421 e. The van der Waals surface area contributed by atoms with Crippen LogP contribution in [0.3, 0.4) is 0 Å². The molecule has 1 aromatic heterocycles. The fraction of sp³-hybridized carbons (Fsp3) is 0.312. The van der Waals surface area contributed by atoms with E-state index in [1.54, 1.807) is 24.3 Å². The predicted molar refractivity (Wildman–Crippen MR) is 80.4 cm³/mol. The topological polar surface area (TPSA) is 34.1 Å². The lowest BCUT2D eigenvalue weighted by Crippen LogP contribution is -2.26. The van der Waals surface area contributed by atoms with Crippen LogP contribution in [-0.2, 0) is 25.7 Å². The first kappa shape index (κ1) is 16.1. The number of benzene rings is 1. The second-order valence-electron chi connectivity index (χ2n) is 5.29. The molecule has 2 aromatic rings. The second-order valence-corrected chi connectivity index (χ2v) is 5.72. The lowest BCUT2D eigenvalue weighted by Gasteiger charge is -2.20. The van der Waals surface area contributed by atoms with E-state index in [1.165, 1.54) is 0 Å².